The highest BCUT2D eigenvalue weighted by Crippen LogP contribution is 2.27. The molecule has 0 spiro atoms. The summed E-state index contributed by atoms with van der Waals surface area (Å²) >= 11 is 5.99. The molecule has 0 aromatic heterocycles. The quantitative estimate of drug-likeness (QED) is 0.877. The summed E-state index contributed by atoms with van der Waals surface area (Å²) in [5.41, 5.74) is 0.358. The molecule has 0 bridgehead atoms. The summed E-state index contributed by atoms with van der Waals surface area (Å²) in [4.78, 5) is 0. The summed E-state index contributed by atoms with van der Waals surface area (Å²) in [6.07, 6.45) is 0.640. The molecule has 0 aliphatic heterocycles. The summed E-state index contributed by atoms with van der Waals surface area (Å²) < 4.78 is 5.51. The Balaban J connectivity index is 2.56. The standard InChI is InChI=1S/C13H16ClNO2/c1-13(2,9-15)5-6-17-12-4-3-10(8-16)7-11(12)14/h3-4,7,16H,5-6,8H2,1-2H3. The van der Waals surface area contributed by atoms with Gasteiger partial charge in [-0.1, -0.05) is 17.7 Å². The van der Waals surface area contributed by atoms with E-state index < -0.39 is 5.41 Å². The zero-order chi connectivity index (χ0) is 12.9. The first-order chi connectivity index (χ1) is 7.98. The lowest BCUT2D eigenvalue weighted by Gasteiger charge is -2.15. The Morgan fingerprint density at radius 1 is 1.47 bits per heavy atom. The van der Waals surface area contributed by atoms with Crippen LogP contribution in [-0.2, 0) is 6.61 Å². The number of nitrogens with zero attached hydrogens (tertiary/aromatic N) is 1. The van der Waals surface area contributed by atoms with Crippen LogP contribution in [0.2, 0.25) is 5.02 Å². The Hall–Kier alpha value is -1.24. The number of nitriles is 1. The molecule has 0 radical (unpaired) electrons. The maximum Gasteiger partial charge on any atom is 0.137 e. The molecule has 0 saturated carbocycles. The molecule has 17 heavy (non-hydrogen) atoms. The molecule has 92 valence electrons. The van der Waals surface area contributed by atoms with Crippen molar-refractivity contribution in [3.63, 3.8) is 0 Å². The molecule has 1 aromatic rings. The average molecular weight is 254 g/mol. The zero-order valence-electron chi connectivity index (χ0n) is 10.0. The first-order valence-corrected chi connectivity index (χ1v) is 5.79. The minimum Gasteiger partial charge on any atom is -0.492 e. The van der Waals surface area contributed by atoms with Gasteiger partial charge in [0.1, 0.15) is 5.75 Å². The van der Waals surface area contributed by atoms with E-state index in [2.05, 4.69) is 6.07 Å². The fourth-order valence-corrected chi connectivity index (χ4v) is 1.49. The molecule has 1 aromatic carbocycles. The Morgan fingerprint density at radius 3 is 2.71 bits per heavy atom. The van der Waals surface area contributed by atoms with Crippen molar-refractivity contribution in [2.24, 2.45) is 5.41 Å². The van der Waals surface area contributed by atoms with Crippen molar-refractivity contribution < 1.29 is 9.84 Å². The van der Waals surface area contributed by atoms with Crippen molar-refractivity contribution in [1.29, 1.82) is 5.26 Å². The van der Waals surface area contributed by atoms with E-state index >= 15 is 0 Å². The number of aliphatic hydroxyl groups is 1. The number of halogens is 1. The molecule has 4 heteroatoms. The van der Waals surface area contributed by atoms with Gasteiger partial charge >= 0.3 is 0 Å². The highest BCUT2D eigenvalue weighted by Gasteiger charge is 2.16. The molecule has 0 saturated heterocycles. The molecule has 0 atom stereocenters. The Kier molecular flexibility index (Phi) is 4.80. The predicted octanol–water partition coefficient (Wildman–Crippen LogP) is 3.15. The van der Waals surface area contributed by atoms with Gasteiger partial charge in [-0.15, -0.1) is 0 Å². The molecule has 1 rings (SSSR count). The van der Waals surface area contributed by atoms with Crippen molar-refractivity contribution >= 4 is 11.6 Å². The van der Waals surface area contributed by atoms with E-state index in [4.69, 9.17) is 26.7 Å². The molecular weight excluding hydrogens is 238 g/mol. The Morgan fingerprint density at radius 2 is 2.18 bits per heavy atom. The minimum atomic E-state index is -0.391. The minimum absolute atomic E-state index is 0.0402. The molecule has 0 amide bonds. The smallest absolute Gasteiger partial charge is 0.137 e. The number of hydrogen-bond donors (Lipinski definition) is 1. The van der Waals surface area contributed by atoms with Gasteiger partial charge in [0, 0.05) is 0 Å². The third-order valence-corrected chi connectivity index (χ3v) is 2.76. The maximum atomic E-state index is 8.93. The summed E-state index contributed by atoms with van der Waals surface area (Å²) in [7, 11) is 0. The van der Waals surface area contributed by atoms with Crippen LogP contribution in [0.15, 0.2) is 18.2 Å². The van der Waals surface area contributed by atoms with E-state index in [0.717, 1.165) is 5.56 Å². The van der Waals surface area contributed by atoms with Crippen LogP contribution in [0.5, 0.6) is 5.75 Å². The number of hydrogen-bond acceptors (Lipinski definition) is 3. The topological polar surface area (TPSA) is 53.2 Å². The molecule has 0 aliphatic carbocycles. The average Bonchev–Trinajstić information content (AvgIpc) is 2.31. The predicted molar refractivity (Wildman–Crippen MR) is 66.9 cm³/mol. The fourth-order valence-electron chi connectivity index (χ4n) is 1.23. The van der Waals surface area contributed by atoms with Crippen LogP contribution >= 0.6 is 11.6 Å². The number of benzene rings is 1. The molecule has 1 N–H and O–H groups in total. The van der Waals surface area contributed by atoms with Crippen LogP contribution in [0, 0.1) is 16.7 Å². The van der Waals surface area contributed by atoms with E-state index in [0.29, 0.717) is 23.8 Å². The zero-order valence-corrected chi connectivity index (χ0v) is 10.8. The van der Waals surface area contributed by atoms with Crippen LogP contribution in [-0.4, -0.2) is 11.7 Å². The monoisotopic (exact) mass is 253 g/mol. The normalized spacial score (nSPS) is 11.0. The Bertz CT molecular complexity index is 424. The van der Waals surface area contributed by atoms with Gasteiger partial charge in [0.25, 0.3) is 0 Å². The second-order valence-electron chi connectivity index (χ2n) is 4.52. The summed E-state index contributed by atoms with van der Waals surface area (Å²) in [5, 5.41) is 18.3. The van der Waals surface area contributed by atoms with Crippen molar-refractivity contribution in [3.8, 4) is 11.8 Å². The van der Waals surface area contributed by atoms with Gasteiger partial charge in [-0.25, -0.2) is 0 Å². The van der Waals surface area contributed by atoms with Gasteiger partial charge in [0.05, 0.1) is 29.7 Å². The largest absolute Gasteiger partial charge is 0.492 e. The van der Waals surface area contributed by atoms with Crippen LogP contribution in [0.3, 0.4) is 0 Å². The fraction of sp³-hybridized carbons (Fsp3) is 0.462. The lowest BCUT2D eigenvalue weighted by atomic mass is 9.92. The number of rotatable bonds is 5. The highest BCUT2D eigenvalue weighted by molar-refractivity contribution is 6.32. The van der Waals surface area contributed by atoms with Gasteiger partial charge in [-0.3, -0.25) is 0 Å². The van der Waals surface area contributed by atoms with Crippen molar-refractivity contribution in [2.75, 3.05) is 6.61 Å². The molecular formula is C13H16ClNO2. The van der Waals surface area contributed by atoms with E-state index in [1.807, 2.05) is 13.8 Å². The Labute approximate surface area is 107 Å². The third-order valence-electron chi connectivity index (χ3n) is 2.47. The lowest BCUT2D eigenvalue weighted by molar-refractivity contribution is 0.263. The molecule has 0 unspecified atom stereocenters. The first-order valence-electron chi connectivity index (χ1n) is 5.42. The van der Waals surface area contributed by atoms with E-state index in [-0.39, 0.29) is 6.61 Å². The van der Waals surface area contributed by atoms with E-state index in [1.165, 1.54) is 0 Å². The van der Waals surface area contributed by atoms with Crippen molar-refractivity contribution in [1.82, 2.24) is 0 Å². The summed E-state index contributed by atoms with van der Waals surface area (Å²) in [5.74, 6) is 0.581. The van der Waals surface area contributed by atoms with E-state index in [9.17, 15) is 0 Å². The molecule has 0 heterocycles. The molecule has 0 fully saturated rings. The summed E-state index contributed by atoms with van der Waals surface area (Å²) in [6.45, 7) is 4.14. The van der Waals surface area contributed by atoms with Gasteiger partial charge in [-0.05, 0) is 38.0 Å². The molecule has 0 aliphatic rings. The first kappa shape index (κ1) is 13.8. The lowest BCUT2D eigenvalue weighted by Crippen LogP contribution is -2.13. The van der Waals surface area contributed by atoms with Crippen LogP contribution < -0.4 is 4.74 Å². The number of aliphatic hydroxyl groups excluding tert-OH is 1. The van der Waals surface area contributed by atoms with Crippen LogP contribution in [0.1, 0.15) is 25.8 Å². The second-order valence-corrected chi connectivity index (χ2v) is 4.92. The molecule has 3 nitrogen and oxygen atoms in total. The van der Waals surface area contributed by atoms with Gasteiger partial charge in [0.15, 0.2) is 0 Å². The maximum absolute atomic E-state index is 8.93. The van der Waals surface area contributed by atoms with Gasteiger partial charge < -0.3 is 9.84 Å². The van der Waals surface area contributed by atoms with Gasteiger partial charge in [0.2, 0.25) is 0 Å². The SMILES string of the molecule is CC(C)(C#N)CCOc1ccc(CO)cc1Cl. The number of ether oxygens (including phenoxy) is 1. The van der Waals surface area contributed by atoms with Crippen molar-refractivity contribution in [2.45, 2.75) is 26.9 Å². The van der Waals surface area contributed by atoms with Crippen LogP contribution in [0.25, 0.3) is 0 Å². The van der Waals surface area contributed by atoms with Crippen LogP contribution in [0.4, 0.5) is 0 Å². The highest BCUT2D eigenvalue weighted by atomic mass is 35.5. The third kappa shape index (κ3) is 4.26. The van der Waals surface area contributed by atoms with Crippen molar-refractivity contribution in [3.05, 3.63) is 28.8 Å². The van der Waals surface area contributed by atoms with E-state index in [1.54, 1.807) is 18.2 Å². The second kappa shape index (κ2) is 5.90. The summed E-state index contributed by atoms with van der Waals surface area (Å²) in [6, 6.07) is 7.38. The van der Waals surface area contributed by atoms with Gasteiger partial charge in [-0.2, -0.15) is 5.26 Å².